The van der Waals surface area contributed by atoms with Gasteiger partial charge >= 0.3 is 0 Å². The fraction of sp³-hybridized carbons (Fsp3) is 0.469. The van der Waals surface area contributed by atoms with Crippen LogP contribution in [0.15, 0.2) is 75.1 Å². The SMILES string of the molecule is CN(CCO[Si](C)(C)C(C)(C)C)c1ccc(N=Nc2nc3sc(N=Nc4ccc(O[Si](C)(C)C(C)(C)C)cc4)cc3s2)cc1. The molecule has 236 valence electrons. The first-order valence-electron chi connectivity index (χ1n) is 14.9. The van der Waals surface area contributed by atoms with Gasteiger partial charge in [-0.2, -0.15) is 0 Å². The highest BCUT2D eigenvalue weighted by Crippen LogP contribution is 2.40. The van der Waals surface area contributed by atoms with E-state index in [1.165, 1.54) is 22.7 Å². The molecule has 4 rings (SSSR count). The average Bonchev–Trinajstić information content (AvgIpc) is 3.49. The van der Waals surface area contributed by atoms with Crippen molar-refractivity contribution < 1.29 is 8.85 Å². The fourth-order valence-corrected chi connectivity index (χ4v) is 7.51. The Morgan fingerprint density at radius 2 is 1.32 bits per heavy atom. The summed E-state index contributed by atoms with van der Waals surface area (Å²) in [5.74, 6) is 0.879. The molecule has 2 aromatic heterocycles. The molecule has 0 N–H and O–H groups in total. The number of azo groups is 2. The van der Waals surface area contributed by atoms with Crippen molar-refractivity contribution in [2.75, 3.05) is 25.1 Å². The minimum Gasteiger partial charge on any atom is -0.544 e. The molecule has 44 heavy (non-hydrogen) atoms. The van der Waals surface area contributed by atoms with Crippen molar-refractivity contribution in [3.8, 4) is 5.75 Å². The van der Waals surface area contributed by atoms with Crippen molar-refractivity contribution in [2.45, 2.75) is 77.8 Å². The van der Waals surface area contributed by atoms with Crippen molar-refractivity contribution in [3.05, 3.63) is 54.6 Å². The van der Waals surface area contributed by atoms with Gasteiger partial charge in [0.05, 0.1) is 22.7 Å². The molecule has 4 aromatic rings. The minimum absolute atomic E-state index is 0.149. The Labute approximate surface area is 272 Å². The van der Waals surface area contributed by atoms with E-state index in [1.54, 1.807) is 0 Å². The lowest BCUT2D eigenvalue weighted by Gasteiger charge is -2.36. The van der Waals surface area contributed by atoms with Gasteiger partial charge in [-0.25, -0.2) is 4.98 Å². The smallest absolute Gasteiger partial charge is 0.250 e. The van der Waals surface area contributed by atoms with Gasteiger partial charge in [0, 0.05) is 19.3 Å². The number of hydrogen-bond donors (Lipinski definition) is 0. The van der Waals surface area contributed by atoms with Crippen LogP contribution in [0.2, 0.25) is 36.3 Å². The first-order valence-corrected chi connectivity index (χ1v) is 22.4. The molecular weight excluding hydrogens is 621 g/mol. The van der Waals surface area contributed by atoms with Gasteiger partial charge < -0.3 is 13.8 Å². The van der Waals surface area contributed by atoms with E-state index in [0.717, 1.165) is 50.5 Å². The van der Waals surface area contributed by atoms with E-state index >= 15 is 0 Å². The number of thiazole rings is 1. The minimum atomic E-state index is -1.87. The Bertz CT molecular complexity index is 1570. The third-order valence-electron chi connectivity index (χ3n) is 8.58. The van der Waals surface area contributed by atoms with Gasteiger partial charge in [-0.1, -0.05) is 64.2 Å². The van der Waals surface area contributed by atoms with Crippen LogP contribution in [-0.2, 0) is 4.43 Å². The fourth-order valence-electron chi connectivity index (χ4n) is 3.60. The number of rotatable bonds is 11. The second-order valence-electron chi connectivity index (χ2n) is 14.1. The molecule has 0 aliphatic heterocycles. The Morgan fingerprint density at radius 1 is 0.750 bits per heavy atom. The van der Waals surface area contributed by atoms with Gasteiger partial charge in [0.1, 0.15) is 15.6 Å². The van der Waals surface area contributed by atoms with Crippen LogP contribution in [0.5, 0.6) is 5.75 Å². The number of fused-ring (bicyclic) bond motifs is 1. The van der Waals surface area contributed by atoms with Gasteiger partial charge in [-0.05, 0) is 90.9 Å². The Hall–Kier alpha value is -2.78. The van der Waals surface area contributed by atoms with Crippen LogP contribution >= 0.6 is 22.7 Å². The van der Waals surface area contributed by atoms with Crippen LogP contribution < -0.4 is 9.33 Å². The zero-order valence-electron chi connectivity index (χ0n) is 27.9. The number of likely N-dealkylation sites (N-methyl/N-ethyl adjacent to an activating group) is 1. The third-order valence-corrected chi connectivity index (χ3v) is 19.4. The van der Waals surface area contributed by atoms with E-state index in [0.29, 0.717) is 5.13 Å². The molecule has 2 heterocycles. The monoisotopic (exact) mass is 666 g/mol. The normalized spacial score (nSPS) is 13.4. The quantitative estimate of drug-likeness (QED) is 0.118. The van der Waals surface area contributed by atoms with Gasteiger partial charge in [0.25, 0.3) is 0 Å². The van der Waals surface area contributed by atoms with Crippen LogP contribution in [0.25, 0.3) is 9.53 Å². The molecule has 0 fully saturated rings. The molecule has 0 spiro atoms. The maximum atomic E-state index is 6.36. The Morgan fingerprint density at radius 3 is 1.89 bits per heavy atom. The first kappa shape index (κ1) is 34.1. The van der Waals surface area contributed by atoms with E-state index in [1.807, 2.05) is 42.5 Å². The molecule has 0 bridgehead atoms. The Balaban J connectivity index is 1.31. The third kappa shape index (κ3) is 8.69. The van der Waals surface area contributed by atoms with Gasteiger partial charge in [0.15, 0.2) is 8.32 Å². The maximum Gasteiger partial charge on any atom is 0.250 e. The summed E-state index contributed by atoms with van der Waals surface area (Å²) in [7, 11) is -1.52. The molecule has 0 radical (unpaired) electrons. The van der Waals surface area contributed by atoms with E-state index in [9.17, 15) is 0 Å². The molecule has 0 aliphatic rings. The summed E-state index contributed by atoms with van der Waals surface area (Å²) >= 11 is 2.99. The summed E-state index contributed by atoms with van der Waals surface area (Å²) in [4.78, 5) is 7.72. The van der Waals surface area contributed by atoms with Gasteiger partial charge in [0.2, 0.25) is 13.4 Å². The summed E-state index contributed by atoms with van der Waals surface area (Å²) in [6.07, 6.45) is 0. The van der Waals surface area contributed by atoms with Crippen molar-refractivity contribution in [2.24, 2.45) is 20.5 Å². The van der Waals surface area contributed by atoms with E-state index < -0.39 is 16.6 Å². The van der Waals surface area contributed by atoms with E-state index in [4.69, 9.17) is 8.85 Å². The predicted molar refractivity (Wildman–Crippen MR) is 193 cm³/mol. The molecule has 12 heteroatoms. The molecular formula is C32H46N6O2S2Si2. The lowest BCUT2D eigenvalue weighted by Crippen LogP contribution is -2.43. The molecule has 0 atom stereocenters. The van der Waals surface area contributed by atoms with E-state index in [2.05, 4.69) is 117 Å². The summed E-state index contributed by atoms with van der Waals surface area (Å²) in [5, 5.41) is 19.4. The van der Waals surface area contributed by atoms with Crippen molar-refractivity contribution in [1.29, 1.82) is 0 Å². The van der Waals surface area contributed by atoms with Crippen molar-refractivity contribution >= 4 is 76.0 Å². The van der Waals surface area contributed by atoms with Crippen LogP contribution in [0.4, 0.5) is 27.2 Å². The zero-order chi connectivity index (χ0) is 32.3. The topological polar surface area (TPSA) is 84.0 Å². The largest absolute Gasteiger partial charge is 0.544 e. The molecule has 2 aromatic carbocycles. The van der Waals surface area contributed by atoms with Crippen molar-refractivity contribution in [1.82, 2.24) is 4.98 Å². The highest BCUT2D eigenvalue weighted by atomic mass is 32.1. The summed E-state index contributed by atoms with van der Waals surface area (Å²) in [6, 6.07) is 17.9. The number of benzene rings is 2. The summed E-state index contributed by atoms with van der Waals surface area (Å²) < 4.78 is 13.7. The van der Waals surface area contributed by atoms with Crippen LogP contribution in [-0.4, -0.2) is 41.8 Å². The van der Waals surface area contributed by atoms with E-state index in [-0.39, 0.29) is 10.1 Å². The summed E-state index contributed by atoms with van der Waals surface area (Å²) in [5.41, 5.74) is 2.69. The number of anilines is 1. The predicted octanol–water partition coefficient (Wildman–Crippen LogP) is 12.0. The Kier molecular flexibility index (Phi) is 10.3. The molecule has 0 unspecified atom stereocenters. The highest BCUT2D eigenvalue weighted by Gasteiger charge is 2.39. The second kappa shape index (κ2) is 13.3. The second-order valence-corrected chi connectivity index (χ2v) is 25.6. The first-order chi connectivity index (χ1) is 20.4. The molecule has 0 aliphatic carbocycles. The molecule has 8 nitrogen and oxygen atoms in total. The van der Waals surface area contributed by atoms with Gasteiger partial charge in [-0.3, -0.25) is 0 Å². The van der Waals surface area contributed by atoms with Gasteiger partial charge in [-0.15, -0.1) is 20.5 Å². The maximum absolute atomic E-state index is 6.36. The number of aromatic nitrogens is 1. The lowest BCUT2D eigenvalue weighted by atomic mass is 10.2. The standard InChI is InChI=1S/C32H46N6O2S2Si2/c1-31(2,3)43(8,9)39-21-20-38(7)25-16-12-23(13-17-25)35-37-30-33-29-27(41-30)22-28(42-29)36-34-24-14-18-26(19-15-24)40-44(10,11)32(4,5)6/h12-19,22H,20-21H2,1-11H3. The van der Waals surface area contributed by atoms with Crippen LogP contribution in [0, 0.1) is 0 Å². The number of nitrogens with zero attached hydrogens (tertiary/aromatic N) is 6. The molecule has 0 saturated heterocycles. The zero-order valence-corrected chi connectivity index (χ0v) is 31.6. The van der Waals surface area contributed by atoms with Crippen LogP contribution in [0.1, 0.15) is 41.5 Å². The summed E-state index contributed by atoms with van der Waals surface area (Å²) in [6.45, 7) is 24.1. The average molecular weight is 667 g/mol. The molecule has 0 amide bonds. The highest BCUT2D eigenvalue weighted by molar-refractivity contribution is 7.30. The van der Waals surface area contributed by atoms with Crippen LogP contribution in [0.3, 0.4) is 0 Å². The lowest BCUT2D eigenvalue weighted by molar-refractivity contribution is 0.296. The van der Waals surface area contributed by atoms with Crippen molar-refractivity contribution in [3.63, 3.8) is 0 Å². The number of thiophene rings is 1. The molecule has 0 saturated carbocycles. The number of hydrogen-bond acceptors (Lipinski definition) is 10.